The number of benzene rings is 1. The molecule has 22 heavy (non-hydrogen) atoms. The second-order valence-corrected chi connectivity index (χ2v) is 5.35. The van der Waals surface area contributed by atoms with E-state index in [0.29, 0.717) is 13.2 Å². The van der Waals surface area contributed by atoms with Crippen LogP contribution in [-0.4, -0.2) is 43.9 Å². The van der Waals surface area contributed by atoms with Crippen molar-refractivity contribution < 1.29 is 9.84 Å². The Morgan fingerprint density at radius 1 is 1.23 bits per heavy atom. The van der Waals surface area contributed by atoms with Gasteiger partial charge in [0.15, 0.2) is 0 Å². The summed E-state index contributed by atoms with van der Waals surface area (Å²) >= 11 is 0. The molecule has 1 saturated heterocycles. The number of aliphatic hydroxyl groups excluding tert-OH is 1. The van der Waals surface area contributed by atoms with Gasteiger partial charge in [0.05, 0.1) is 55.2 Å². The fraction of sp³-hybridized carbons (Fsp3) is 0.250. The first-order chi connectivity index (χ1) is 10.8. The number of aromatic nitrogens is 4. The zero-order valence-corrected chi connectivity index (χ0v) is 11.9. The highest BCUT2D eigenvalue weighted by atomic mass is 16.5. The lowest BCUT2D eigenvalue weighted by atomic mass is 10.1. The van der Waals surface area contributed by atoms with Crippen molar-refractivity contribution >= 4 is 0 Å². The van der Waals surface area contributed by atoms with Crippen LogP contribution < -0.4 is 0 Å². The molecule has 1 aliphatic heterocycles. The van der Waals surface area contributed by atoms with Gasteiger partial charge in [-0.2, -0.15) is 0 Å². The van der Waals surface area contributed by atoms with Crippen molar-refractivity contribution in [3.8, 4) is 22.6 Å². The van der Waals surface area contributed by atoms with Crippen molar-refractivity contribution in [2.45, 2.75) is 12.1 Å². The SMILES string of the molecule is O[C@@H]1COC[C@@H]1n1cnc(-c2ccccc2)c1-c1cnc[nH]1. The molecule has 6 nitrogen and oxygen atoms in total. The van der Waals surface area contributed by atoms with Crippen LogP contribution in [0, 0.1) is 0 Å². The molecule has 2 aromatic heterocycles. The topological polar surface area (TPSA) is 76.0 Å². The van der Waals surface area contributed by atoms with Crippen molar-refractivity contribution in [1.29, 1.82) is 0 Å². The number of aliphatic hydroxyl groups is 1. The summed E-state index contributed by atoms with van der Waals surface area (Å²) in [5.74, 6) is 0. The first-order valence-corrected chi connectivity index (χ1v) is 7.21. The minimum Gasteiger partial charge on any atom is -0.388 e. The van der Waals surface area contributed by atoms with Crippen molar-refractivity contribution in [2.75, 3.05) is 13.2 Å². The number of rotatable bonds is 3. The zero-order chi connectivity index (χ0) is 14.9. The molecule has 0 bridgehead atoms. The zero-order valence-electron chi connectivity index (χ0n) is 11.9. The Balaban J connectivity index is 1.88. The third-order valence-electron chi connectivity index (χ3n) is 3.97. The van der Waals surface area contributed by atoms with Gasteiger partial charge in [0.25, 0.3) is 0 Å². The van der Waals surface area contributed by atoms with E-state index in [9.17, 15) is 5.11 Å². The second-order valence-electron chi connectivity index (χ2n) is 5.35. The second kappa shape index (κ2) is 5.40. The molecule has 0 saturated carbocycles. The molecule has 6 heteroatoms. The van der Waals surface area contributed by atoms with Gasteiger partial charge >= 0.3 is 0 Å². The van der Waals surface area contributed by atoms with Gasteiger partial charge < -0.3 is 19.4 Å². The van der Waals surface area contributed by atoms with E-state index in [-0.39, 0.29) is 6.04 Å². The Kier molecular flexibility index (Phi) is 3.25. The molecule has 112 valence electrons. The molecule has 3 heterocycles. The highest BCUT2D eigenvalue weighted by molar-refractivity contribution is 5.76. The molecule has 1 aromatic carbocycles. The lowest BCUT2D eigenvalue weighted by Crippen LogP contribution is -2.22. The van der Waals surface area contributed by atoms with Gasteiger partial charge in [-0.3, -0.25) is 0 Å². The van der Waals surface area contributed by atoms with Gasteiger partial charge in [-0.25, -0.2) is 9.97 Å². The van der Waals surface area contributed by atoms with Gasteiger partial charge in [0.2, 0.25) is 0 Å². The highest BCUT2D eigenvalue weighted by Crippen LogP contribution is 2.34. The summed E-state index contributed by atoms with van der Waals surface area (Å²) in [6, 6.07) is 9.85. The lowest BCUT2D eigenvalue weighted by molar-refractivity contribution is 0.119. The van der Waals surface area contributed by atoms with Crippen molar-refractivity contribution in [3.63, 3.8) is 0 Å². The minimum absolute atomic E-state index is 0.136. The van der Waals surface area contributed by atoms with Crippen LogP contribution in [-0.2, 0) is 4.74 Å². The molecule has 0 aliphatic carbocycles. The normalized spacial score (nSPS) is 21.3. The average molecular weight is 296 g/mol. The summed E-state index contributed by atoms with van der Waals surface area (Å²) in [4.78, 5) is 11.8. The van der Waals surface area contributed by atoms with E-state index in [4.69, 9.17) is 4.74 Å². The van der Waals surface area contributed by atoms with Crippen LogP contribution >= 0.6 is 0 Å². The van der Waals surface area contributed by atoms with Crippen molar-refractivity contribution in [2.24, 2.45) is 0 Å². The molecule has 3 aromatic rings. The minimum atomic E-state index is -0.528. The maximum Gasteiger partial charge on any atom is 0.100 e. The van der Waals surface area contributed by atoms with Gasteiger partial charge in [-0.1, -0.05) is 30.3 Å². The monoisotopic (exact) mass is 296 g/mol. The summed E-state index contributed by atoms with van der Waals surface area (Å²) in [6.07, 6.45) is 4.64. The largest absolute Gasteiger partial charge is 0.388 e. The molecule has 2 N–H and O–H groups in total. The third kappa shape index (κ3) is 2.13. The summed E-state index contributed by atoms with van der Waals surface area (Å²) in [6.45, 7) is 0.832. The molecular formula is C16H16N4O2. The first kappa shape index (κ1) is 13.2. The standard InChI is InChI=1S/C16H16N4O2/c21-14-8-22-7-13(14)20-10-19-15(11-4-2-1-3-5-11)16(20)12-6-17-9-18-12/h1-6,9-10,13-14,21H,7-8H2,(H,17,18)/t13-,14+/m0/s1. The van der Waals surface area contributed by atoms with Crippen LogP contribution in [0.15, 0.2) is 49.2 Å². The van der Waals surface area contributed by atoms with E-state index in [1.165, 1.54) is 0 Å². The van der Waals surface area contributed by atoms with E-state index in [2.05, 4.69) is 15.0 Å². The van der Waals surface area contributed by atoms with Crippen molar-refractivity contribution in [3.05, 3.63) is 49.2 Å². The number of nitrogens with zero attached hydrogens (tertiary/aromatic N) is 3. The Morgan fingerprint density at radius 2 is 2.09 bits per heavy atom. The highest BCUT2D eigenvalue weighted by Gasteiger charge is 2.31. The summed E-state index contributed by atoms with van der Waals surface area (Å²) in [7, 11) is 0. The number of H-pyrrole nitrogens is 1. The van der Waals surface area contributed by atoms with Crippen molar-refractivity contribution in [1.82, 2.24) is 19.5 Å². The van der Waals surface area contributed by atoms with Crippen LogP contribution in [0.2, 0.25) is 0 Å². The Morgan fingerprint density at radius 3 is 2.77 bits per heavy atom. The first-order valence-electron chi connectivity index (χ1n) is 7.21. The van der Waals surface area contributed by atoms with E-state index < -0.39 is 6.10 Å². The number of ether oxygens (including phenoxy) is 1. The Labute approximate surface area is 127 Å². The van der Waals surface area contributed by atoms with Crippen LogP contribution in [0.5, 0.6) is 0 Å². The number of aromatic amines is 1. The number of nitrogens with one attached hydrogen (secondary N) is 1. The smallest absolute Gasteiger partial charge is 0.100 e. The third-order valence-corrected chi connectivity index (χ3v) is 3.97. The molecule has 2 atom stereocenters. The predicted molar refractivity (Wildman–Crippen MR) is 81.1 cm³/mol. The van der Waals surface area contributed by atoms with Gasteiger partial charge in [0.1, 0.15) is 6.10 Å². The quantitative estimate of drug-likeness (QED) is 0.773. The molecule has 0 unspecified atom stereocenters. The fourth-order valence-corrected chi connectivity index (χ4v) is 2.87. The van der Waals surface area contributed by atoms with E-state index >= 15 is 0 Å². The summed E-state index contributed by atoms with van der Waals surface area (Å²) in [5.41, 5.74) is 3.68. The molecule has 0 spiro atoms. The van der Waals surface area contributed by atoms with Gasteiger partial charge in [-0.15, -0.1) is 0 Å². The van der Waals surface area contributed by atoms with Crippen LogP contribution in [0.1, 0.15) is 6.04 Å². The number of hydrogen-bond donors (Lipinski definition) is 2. The van der Waals surface area contributed by atoms with E-state index in [1.54, 1.807) is 18.9 Å². The molecule has 4 rings (SSSR count). The fourth-order valence-electron chi connectivity index (χ4n) is 2.87. The lowest BCUT2D eigenvalue weighted by Gasteiger charge is -2.17. The number of imidazole rings is 2. The molecule has 0 amide bonds. The maximum atomic E-state index is 10.1. The molecule has 0 radical (unpaired) electrons. The average Bonchev–Trinajstić information content (AvgIpc) is 3.27. The molecule has 1 aliphatic rings. The van der Waals surface area contributed by atoms with Gasteiger partial charge in [-0.05, 0) is 0 Å². The Bertz CT molecular complexity index is 752. The summed E-state index contributed by atoms with van der Waals surface area (Å²) in [5, 5.41) is 10.1. The van der Waals surface area contributed by atoms with Crippen LogP contribution in [0.25, 0.3) is 22.6 Å². The molecular weight excluding hydrogens is 280 g/mol. The Hall–Kier alpha value is -2.44. The van der Waals surface area contributed by atoms with Crippen LogP contribution in [0.4, 0.5) is 0 Å². The van der Waals surface area contributed by atoms with E-state index in [1.807, 2.05) is 34.9 Å². The predicted octanol–water partition coefficient (Wildman–Crippen LogP) is 1.87. The van der Waals surface area contributed by atoms with E-state index in [0.717, 1.165) is 22.6 Å². The molecule has 1 fully saturated rings. The number of hydrogen-bond acceptors (Lipinski definition) is 4. The van der Waals surface area contributed by atoms with Gasteiger partial charge in [0, 0.05) is 5.56 Å². The summed E-state index contributed by atoms with van der Waals surface area (Å²) < 4.78 is 7.37. The van der Waals surface area contributed by atoms with Crippen LogP contribution in [0.3, 0.4) is 0 Å². The maximum absolute atomic E-state index is 10.1.